The Labute approximate surface area is 80.1 Å². The topological polar surface area (TPSA) is 46.5 Å². The van der Waals surface area contributed by atoms with Gasteiger partial charge in [0.2, 0.25) is 0 Å². The number of aliphatic carboxylic acids is 1. The summed E-state index contributed by atoms with van der Waals surface area (Å²) in [6, 6.07) is 0. The van der Waals surface area contributed by atoms with Gasteiger partial charge in [0.1, 0.15) is 0 Å². The van der Waals surface area contributed by atoms with Crippen LogP contribution in [-0.4, -0.2) is 23.8 Å². The highest BCUT2D eigenvalue weighted by Gasteiger charge is 2.27. The lowest BCUT2D eigenvalue weighted by Gasteiger charge is -2.21. The first-order valence-corrected chi connectivity index (χ1v) is 4.75. The van der Waals surface area contributed by atoms with Gasteiger partial charge in [0.05, 0.1) is 18.1 Å². The maximum atomic E-state index is 10.7. The molecule has 78 valence electrons. The second kappa shape index (κ2) is 5.22. The second-order valence-electron chi connectivity index (χ2n) is 4.10. The number of hydrogen-bond donors (Lipinski definition) is 1. The molecule has 0 aromatic rings. The summed E-state index contributed by atoms with van der Waals surface area (Å²) in [6.07, 6.45) is 2.20. The lowest BCUT2D eigenvalue weighted by molar-refractivity contribution is -0.151. The van der Waals surface area contributed by atoms with Crippen molar-refractivity contribution in [2.45, 2.75) is 46.6 Å². The van der Waals surface area contributed by atoms with Gasteiger partial charge in [0.25, 0.3) is 0 Å². The summed E-state index contributed by atoms with van der Waals surface area (Å²) >= 11 is 0. The zero-order valence-corrected chi connectivity index (χ0v) is 8.96. The number of carboxylic acids is 1. The molecule has 0 aromatic heterocycles. The summed E-state index contributed by atoms with van der Waals surface area (Å²) in [5.74, 6) is -0.809. The molecule has 0 aliphatic heterocycles. The van der Waals surface area contributed by atoms with E-state index in [1.165, 1.54) is 0 Å². The van der Waals surface area contributed by atoms with Gasteiger partial charge < -0.3 is 9.84 Å². The number of carboxylic acid groups (broad SMARTS) is 1. The Hall–Kier alpha value is -0.570. The van der Waals surface area contributed by atoms with Crippen LogP contribution < -0.4 is 0 Å². The molecule has 0 heterocycles. The van der Waals surface area contributed by atoms with E-state index in [4.69, 9.17) is 9.84 Å². The van der Waals surface area contributed by atoms with Gasteiger partial charge in [-0.25, -0.2) is 0 Å². The average molecular weight is 188 g/mol. The molecular formula is C10H20O3. The minimum atomic E-state index is -0.809. The van der Waals surface area contributed by atoms with E-state index in [0.717, 1.165) is 12.8 Å². The molecule has 3 heteroatoms. The highest BCUT2D eigenvalue weighted by Crippen LogP contribution is 2.17. The summed E-state index contributed by atoms with van der Waals surface area (Å²) in [4.78, 5) is 10.7. The second-order valence-corrected chi connectivity index (χ2v) is 4.10. The summed E-state index contributed by atoms with van der Waals surface area (Å²) in [5, 5.41) is 8.80. The van der Waals surface area contributed by atoms with E-state index < -0.39 is 11.4 Å². The van der Waals surface area contributed by atoms with Gasteiger partial charge >= 0.3 is 5.97 Å². The molecule has 0 aliphatic carbocycles. The molecule has 0 saturated carbocycles. The molecule has 0 amide bonds. The van der Waals surface area contributed by atoms with Crippen LogP contribution >= 0.6 is 0 Å². The van der Waals surface area contributed by atoms with Crippen LogP contribution in [0, 0.1) is 5.41 Å². The quantitative estimate of drug-likeness (QED) is 0.695. The van der Waals surface area contributed by atoms with Gasteiger partial charge in [0, 0.05) is 0 Å². The summed E-state index contributed by atoms with van der Waals surface area (Å²) in [6.45, 7) is 7.69. The lowest BCUT2D eigenvalue weighted by atomic mass is 9.95. The normalized spacial score (nSPS) is 14.2. The third-order valence-electron chi connectivity index (χ3n) is 2.00. The van der Waals surface area contributed by atoms with Gasteiger partial charge in [-0.3, -0.25) is 4.79 Å². The molecule has 1 unspecified atom stereocenters. The first-order valence-electron chi connectivity index (χ1n) is 4.75. The summed E-state index contributed by atoms with van der Waals surface area (Å²) < 4.78 is 5.43. The summed E-state index contributed by atoms with van der Waals surface area (Å²) in [7, 11) is 0. The molecule has 0 radical (unpaired) electrons. The van der Waals surface area contributed by atoms with Crippen molar-refractivity contribution < 1.29 is 14.6 Å². The molecule has 1 N–H and O–H groups in total. The van der Waals surface area contributed by atoms with Crippen molar-refractivity contribution in [2.75, 3.05) is 6.61 Å². The Morgan fingerprint density at radius 2 is 2.08 bits per heavy atom. The number of ether oxygens (including phenoxy) is 1. The van der Waals surface area contributed by atoms with Crippen LogP contribution in [0.2, 0.25) is 0 Å². The smallest absolute Gasteiger partial charge is 0.311 e. The van der Waals surface area contributed by atoms with E-state index in [-0.39, 0.29) is 12.7 Å². The van der Waals surface area contributed by atoms with Crippen LogP contribution in [0.15, 0.2) is 0 Å². The molecule has 0 bridgehead atoms. The largest absolute Gasteiger partial charge is 0.481 e. The SMILES string of the molecule is CCCC(C)OCC(C)(C)C(=O)O. The van der Waals surface area contributed by atoms with Gasteiger partial charge in [-0.05, 0) is 27.2 Å². The van der Waals surface area contributed by atoms with Gasteiger partial charge in [-0.15, -0.1) is 0 Å². The van der Waals surface area contributed by atoms with E-state index >= 15 is 0 Å². The predicted octanol–water partition coefficient (Wildman–Crippen LogP) is 2.30. The van der Waals surface area contributed by atoms with E-state index in [1.807, 2.05) is 6.92 Å². The van der Waals surface area contributed by atoms with E-state index in [2.05, 4.69) is 6.92 Å². The zero-order chi connectivity index (χ0) is 10.5. The van der Waals surface area contributed by atoms with E-state index in [1.54, 1.807) is 13.8 Å². The molecule has 0 fully saturated rings. The van der Waals surface area contributed by atoms with Crippen LogP contribution in [0.1, 0.15) is 40.5 Å². The highest BCUT2D eigenvalue weighted by molar-refractivity contribution is 5.73. The molecule has 0 rings (SSSR count). The Morgan fingerprint density at radius 1 is 1.54 bits per heavy atom. The molecule has 0 aromatic carbocycles. The van der Waals surface area contributed by atoms with E-state index in [0.29, 0.717) is 0 Å². The fraction of sp³-hybridized carbons (Fsp3) is 0.900. The standard InChI is InChI=1S/C10H20O3/c1-5-6-8(2)13-7-10(3,4)9(11)12/h8H,5-7H2,1-4H3,(H,11,12). The first kappa shape index (κ1) is 12.4. The minimum absolute atomic E-state index is 0.156. The molecule has 0 spiro atoms. The molecule has 1 atom stereocenters. The maximum Gasteiger partial charge on any atom is 0.311 e. The first-order chi connectivity index (χ1) is 5.90. The third kappa shape index (κ3) is 4.88. The Morgan fingerprint density at radius 3 is 2.46 bits per heavy atom. The van der Waals surface area contributed by atoms with Gasteiger partial charge in [-0.1, -0.05) is 13.3 Å². The van der Waals surface area contributed by atoms with Crippen LogP contribution in [0.5, 0.6) is 0 Å². The third-order valence-corrected chi connectivity index (χ3v) is 2.00. The van der Waals surface area contributed by atoms with Crippen molar-refractivity contribution in [1.29, 1.82) is 0 Å². The molecule has 0 aliphatic rings. The van der Waals surface area contributed by atoms with Crippen LogP contribution in [0.4, 0.5) is 0 Å². The number of carbonyl (C=O) groups is 1. The van der Waals surface area contributed by atoms with Crippen molar-refractivity contribution in [3.8, 4) is 0 Å². The monoisotopic (exact) mass is 188 g/mol. The molecule has 0 saturated heterocycles. The van der Waals surface area contributed by atoms with Crippen molar-refractivity contribution >= 4 is 5.97 Å². The van der Waals surface area contributed by atoms with Gasteiger partial charge in [-0.2, -0.15) is 0 Å². The van der Waals surface area contributed by atoms with Crippen molar-refractivity contribution in [3.05, 3.63) is 0 Å². The minimum Gasteiger partial charge on any atom is -0.481 e. The fourth-order valence-corrected chi connectivity index (χ4v) is 0.902. The van der Waals surface area contributed by atoms with Crippen LogP contribution in [0.25, 0.3) is 0 Å². The van der Waals surface area contributed by atoms with Crippen LogP contribution in [0.3, 0.4) is 0 Å². The Bertz CT molecular complexity index is 164. The van der Waals surface area contributed by atoms with Crippen LogP contribution in [-0.2, 0) is 9.53 Å². The zero-order valence-electron chi connectivity index (χ0n) is 8.96. The Kier molecular flexibility index (Phi) is 4.99. The molecule has 13 heavy (non-hydrogen) atoms. The van der Waals surface area contributed by atoms with Crippen molar-refractivity contribution in [1.82, 2.24) is 0 Å². The average Bonchev–Trinajstić information content (AvgIpc) is 2.01. The van der Waals surface area contributed by atoms with Gasteiger partial charge in [0.15, 0.2) is 0 Å². The fourth-order valence-electron chi connectivity index (χ4n) is 0.902. The van der Waals surface area contributed by atoms with Crippen molar-refractivity contribution in [3.63, 3.8) is 0 Å². The molecule has 3 nitrogen and oxygen atoms in total. The number of hydrogen-bond acceptors (Lipinski definition) is 2. The maximum absolute atomic E-state index is 10.7. The Balaban J connectivity index is 3.80. The predicted molar refractivity (Wildman–Crippen MR) is 51.7 cm³/mol. The molecular weight excluding hydrogens is 168 g/mol. The highest BCUT2D eigenvalue weighted by atomic mass is 16.5. The summed E-state index contributed by atoms with van der Waals surface area (Å²) in [5.41, 5.74) is -0.776. The number of rotatable bonds is 6. The van der Waals surface area contributed by atoms with E-state index in [9.17, 15) is 4.79 Å². The lowest BCUT2D eigenvalue weighted by Crippen LogP contribution is -2.31. The van der Waals surface area contributed by atoms with Crippen molar-refractivity contribution in [2.24, 2.45) is 5.41 Å².